The first-order valence-electron chi connectivity index (χ1n) is 5.91. The van der Waals surface area contributed by atoms with Crippen LogP contribution in [0.1, 0.15) is 12.5 Å². The Labute approximate surface area is 120 Å². The lowest BCUT2D eigenvalue weighted by Gasteiger charge is -2.06. The summed E-state index contributed by atoms with van der Waals surface area (Å²) < 4.78 is 1.57. The minimum atomic E-state index is -0.201. The summed E-state index contributed by atoms with van der Waals surface area (Å²) in [5.74, 6) is 0. The molecule has 2 aromatic rings. The molecule has 5 nitrogen and oxygen atoms in total. The van der Waals surface area contributed by atoms with E-state index in [1.165, 1.54) is 11.8 Å². The number of halogens is 1. The standard InChI is InChI=1S/C12H15ClN4OS/c1-3-17-11(18)15-16-12(17)19-10-5-4-8(7-14-2)6-9(10)13/h4-6,14H,3,7H2,1-2H3,(H,15,18). The van der Waals surface area contributed by atoms with E-state index < -0.39 is 0 Å². The molecular weight excluding hydrogens is 284 g/mol. The Hall–Kier alpha value is -1.24. The summed E-state index contributed by atoms with van der Waals surface area (Å²) in [4.78, 5) is 12.4. The molecule has 0 saturated carbocycles. The molecule has 1 heterocycles. The minimum Gasteiger partial charge on any atom is -0.316 e. The highest BCUT2D eigenvalue weighted by Gasteiger charge is 2.11. The van der Waals surface area contributed by atoms with Gasteiger partial charge in [-0.15, -0.1) is 5.10 Å². The van der Waals surface area contributed by atoms with E-state index in [2.05, 4.69) is 15.5 Å². The Balaban J connectivity index is 2.26. The number of H-pyrrole nitrogens is 1. The van der Waals surface area contributed by atoms with E-state index >= 15 is 0 Å². The molecule has 0 amide bonds. The maximum absolute atomic E-state index is 11.5. The van der Waals surface area contributed by atoms with Crippen LogP contribution >= 0.6 is 23.4 Å². The van der Waals surface area contributed by atoms with E-state index in [0.29, 0.717) is 16.7 Å². The zero-order chi connectivity index (χ0) is 13.8. The van der Waals surface area contributed by atoms with Crippen LogP contribution in [-0.2, 0) is 13.1 Å². The van der Waals surface area contributed by atoms with Crippen LogP contribution in [0.4, 0.5) is 0 Å². The molecule has 0 aliphatic heterocycles. The third-order valence-corrected chi connectivity index (χ3v) is 4.11. The Morgan fingerprint density at radius 1 is 1.53 bits per heavy atom. The van der Waals surface area contributed by atoms with Crippen molar-refractivity contribution >= 4 is 23.4 Å². The molecule has 0 atom stereocenters. The number of aromatic amines is 1. The van der Waals surface area contributed by atoms with Gasteiger partial charge in [-0.3, -0.25) is 4.57 Å². The molecule has 0 saturated heterocycles. The number of rotatable bonds is 5. The van der Waals surface area contributed by atoms with Crippen molar-refractivity contribution in [1.29, 1.82) is 0 Å². The van der Waals surface area contributed by atoms with Gasteiger partial charge < -0.3 is 5.32 Å². The van der Waals surface area contributed by atoms with Gasteiger partial charge in [-0.1, -0.05) is 17.7 Å². The number of nitrogens with one attached hydrogen (secondary N) is 2. The summed E-state index contributed by atoms with van der Waals surface area (Å²) >= 11 is 7.62. The van der Waals surface area contributed by atoms with E-state index in [-0.39, 0.29) is 5.69 Å². The maximum Gasteiger partial charge on any atom is 0.343 e. The van der Waals surface area contributed by atoms with Crippen molar-refractivity contribution in [2.75, 3.05) is 7.05 Å². The van der Waals surface area contributed by atoms with Gasteiger partial charge >= 0.3 is 5.69 Å². The van der Waals surface area contributed by atoms with Gasteiger partial charge in [0.15, 0.2) is 5.16 Å². The van der Waals surface area contributed by atoms with Crippen molar-refractivity contribution < 1.29 is 0 Å². The number of hydrogen-bond donors (Lipinski definition) is 2. The van der Waals surface area contributed by atoms with Crippen molar-refractivity contribution in [1.82, 2.24) is 20.1 Å². The molecule has 0 unspecified atom stereocenters. The molecule has 0 spiro atoms. The second kappa shape index (κ2) is 6.27. The van der Waals surface area contributed by atoms with Crippen molar-refractivity contribution in [3.8, 4) is 0 Å². The predicted molar refractivity (Wildman–Crippen MR) is 76.9 cm³/mol. The highest BCUT2D eigenvalue weighted by atomic mass is 35.5. The van der Waals surface area contributed by atoms with Gasteiger partial charge in [-0.2, -0.15) is 0 Å². The van der Waals surface area contributed by atoms with Gasteiger partial charge in [0.2, 0.25) is 0 Å². The third kappa shape index (κ3) is 3.20. The lowest BCUT2D eigenvalue weighted by atomic mass is 10.2. The zero-order valence-corrected chi connectivity index (χ0v) is 12.3. The lowest BCUT2D eigenvalue weighted by molar-refractivity contribution is 0.660. The van der Waals surface area contributed by atoms with Crippen molar-refractivity contribution in [2.24, 2.45) is 0 Å². The highest BCUT2D eigenvalue weighted by Crippen LogP contribution is 2.32. The lowest BCUT2D eigenvalue weighted by Crippen LogP contribution is -2.16. The Morgan fingerprint density at radius 3 is 2.95 bits per heavy atom. The summed E-state index contributed by atoms with van der Waals surface area (Å²) in [7, 11) is 1.89. The number of hydrogen-bond acceptors (Lipinski definition) is 4. The summed E-state index contributed by atoms with van der Waals surface area (Å²) in [6, 6.07) is 5.87. The van der Waals surface area contributed by atoms with E-state index in [9.17, 15) is 4.79 Å². The first kappa shape index (κ1) is 14.2. The van der Waals surface area contributed by atoms with Crippen LogP contribution in [0.3, 0.4) is 0 Å². The number of nitrogens with zero attached hydrogens (tertiary/aromatic N) is 2. The van der Waals surface area contributed by atoms with Crippen LogP contribution in [0.2, 0.25) is 5.02 Å². The van der Waals surface area contributed by atoms with Crippen LogP contribution in [0.5, 0.6) is 0 Å². The van der Waals surface area contributed by atoms with Crippen LogP contribution in [-0.4, -0.2) is 21.8 Å². The fourth-order valence-corrected chi connectivity index (χ4v) is 2.92. The molecule has 2 rings (SSSR count). The first-order chi connectivity index (χ1) is 9.15. The maximum atomic E-state index is 11.5. The zero-order valence-electron chi connectivity index (χ0n) is 10.7. The van der Waals surface area contributed by atoms with E-state index in [1.54, 1.807) is 4.57 Å². The Bertz CT molecular complexity index is 622. The molecule has 0 radical (unpaired) electrons. The minimum absolute atomic E-state index is 0.201. The Kier molecular flexibility index (Phi) is 4.68. The largest absolute Gasteiger partial charge is 0.343 e. The second-order valence-corrected chi connectivity index (χ2v) is 5.37. The normalized spacial score (nSPS) is 10.9. The highest BCUT2D eigenvalue weighted by molar-refractivity contribution is 7.99. The van der Waals surface area contributed by atoms with Gasteiger partial charge in [-0.05, 0) is 43.4 Å². The SMILES string of the molecule is CCn1c(Sc2ccc(CNC)cc2Cl)n[nH]c1=O. The molecule has 0 fully saturated rings. The smallest absolute Gasteiger partial charge is 0.316 e. The molecule has 1 aromatic carbocycles. The molecule has 0 bridgehead atoms. The van der Waals surface area contributed by atoms with E-state index in [4.69, 9.17) is 11.6 Å². The van der Waals surface area contributed by atoms with Gasteiger partial charge in [-0.25, -0.2) is 9.89 Å². The van der Waals surface area contributed by atoms with Crippen molar-refractivity contribution in [3.63, 3.8) is 0 Å². The fraction of sp³-hybridized carbons (Fsp3) is 0.333. The van der Waals surface area contributed by atoms with Gasteiger partial charge in [0, 0.05) is 18.0 Å². The molecule has 0 aliphatic carbocycles. The Morgan fingerprint density at radius 2 is 2.32 bits per heavy atom. The summed E-state index contributed by atoms with van der Waals surface area (Å²) in [6.45, 7) is 3.25. The van der Waals surface area contributed by atoms with Gasteiger partial charge in [0.05, 0.1) is 5.02 Å². The van der Waals surface area contributed by atoms with Crippen LogP contribution in [0.25, 0.3) is 0 Å². The molecule has 1 aromatic heterocycles. The topological polar surface area (TPSA) is 62.7 Å². The quantitative estimate of drug-likeness (QED) is 0.887. The van der Waals surface area contributed by atoms with Gasteiger partial charge in [0.1, 0.15) is 0 Å². The molecule has 102 valence electrons. The average molecular weight is 299 g/mol. The molecule has 7 heteroatoms. The van der Waals surface area contributed by atoms with E-state index in [1.807, 2.05) is 32.2 Å². The summed E-state index contributed by atoms with van der Waals surface area (Å²) in [5.41, 5.74) is 0.916. The molecular formula is C12H15ClN4OS. The first-order valence-corrected chi connectivity index (χ1v) is 7.11. The van der Waals surface area contributed by atoms with E-state index in [0.717, 1.165) is 17.0 Å². The third-order valence-electron chi connectivity index (χ3n) is 2.62. The monoisotopic (exact) mass is 298 g/mol. The van der Waals surface area contributed by atoms with Crippen molar-refractivity contribution in [3.05, 3.63) is 39.3 Å². The fourth-order valence-electron chi connectivity index (χ4n) is 1.70. The van der Waals surface area contributed by atoms with Crippen LogP contribution < -0.4 is 11.0 Å². The molecule has 0 aliphatic rings. The number of benzene rings is 1. The van der Waals surface area contributed by atoms with Gasteiger partial charge in [0.25, 0.3) is 0 Å². The second-order valence-electron chi connectivity index (χ2n) is 3.95. The predicted octanol–water partition coefficient (Wildman–Crippen LogP) is 2.12. The molecule has 2 N–H and O–H groups in total. The summed E-state index contributed by atoms with van der Waals surface area (Å²) in [5, 5.41) is 10.8. The van der Waals surface area contributed by atoms with Crippen molar-refractivity contribution in [2.45, 2.75) is 30.1 Å². The average Bonchev–Trinajstić information content (AvgIpc) is 2.73. The van der Waals surface area contributed by atoms with Crippen LogP contribution in [0.15, 0.2) is 33.0 Å². The molecule has 19 heavy (non-hydrogen) atoms. The van der Waals surface area contributed by atoms with Crippen LogP contribution in [0, 0.1) is 0 Å². The summed E-state index contributed by atoms with van der Waals surface area (Å²) in [6.07, 6.45) is 0. The number of aromatic nitrogens is 3.